The molecule has 0 atom stereocenters. The minimum atomic E-state index is -0.889. The van der Waals surface area contributed by atoms with E-state index in [-0.39, 0.29) is 5.91 Å². The van der Waals surface area contributed by atoms with E-state index in [0.29, 0.717) is 12.0 Å². The topological polar surface area (TPSA) is 72.9 Å². The lowest BCUT2D eigenvalue weighted by Crippen LogP contribution is -2.46. The first-order chi connectivity index (χ1) is 14.1. The molecule has 2 aliphatic rings. The van der Waals surface area contributed by atoms with E-state index in [1.807, 2.05) is 18.2 Å². The molecular formula is C23H25N3O3. The minimum absolute atomic E-state index is 0.0922. The quantitative estimate of drug-likeness (QED) is 0.819. The molecule has 2 heterocycles. The Hall–Kier alpha value is -3.12. The lowest BCUT2D eigenvalue weighted by molar-refractivity contribution is -0.116. The number of carbonyl (C=O) groups is 2. The highest BCUT2D eigenvalue weighted by atomic mass is 16.4. The number of carbonyl (C=O) groups excluding carboxylic acids is 1. The van der Waals surface area contributed by atoms with E-state index < -0.39 is 5.97 Å². The van der Waals surface area contributed by atoms with E-state index in [1.54, 1.807) is 18.2 Å². The van der Waals surface area contributed by atoms with Crippen molar-refractivity contribution in [3.63, 3.8) is 0 Å². The first kappa shape index (κ1) is 19.2. The van der Waals surface area contributed by atoms with Gasteiger partial charge in [-0.05, 0) is 47.9 Å². The second kappa shape index (κ2) is 8.49. The van der Waals surface area contributed by atoms with Crippen LogP contribution < -0.4 is 10.2 Å². The fourth-order valence-electron chi connectivity index (χ4n) is 3.87. The molecule has 4 rings (SSSR count). The zero-order chi connectivity index (χ0) is 20.2. The molecule has 2 aromatic carbocycles. The number of aryl methyl sites for hydroxylation is 1. The molecule has 1 fully saturated rings. The highest BCUT2D eigenvalue weighted by Crippen LogP contribution is 2.24. The maximum atomic E-state index is 11.5. The lowest BCUT2D eigenvalue weighted by atomic mass is 10.0. The van der Waals surface area contributed by atoms with Gasteiger partial charge in [0.05, 0.1) is 5.56 Å². The number of anilines is 2. The van der Waals surface area contributed by atoms with Gasteiger partial charge in [0.25, 0.3) is 0 Å². The van der Waals surface area contributed by atoms with Gasteiger partial charge >= 0.3 is 5.97 Å². The molecule has 6 nitrogen and oxygen atoms in total. The molecule has 2 aliphatic heterocycles. The van der Waals surface area contributed by atoms with Gasteiger partial charge in [-0.25, -0.2) is 4.79 Å². The number of rotatable bonds is 5. The summed E-state index contributed by atoms with van der Waals surface area (Å²) in [4.78, 5) is 27.3. The Morgan fingerprint density at radius 1 is 1.07 bits per heavy atom. The smallest absolute Gasteiger partial charge is 0.335 e. The van der Waals surface area contributed by atoms with Gasteiger partial charge in [-0.2, -0.15) is 0 Å². The van der Waals surface area contributed by atoms with Crippen LogP contribution in [0.2, 0.25) is 0 Å². The van der Waals surface area contributed by atoms with Gasteiger partial charge in [0, 0.05) is 50.5 Å². The SMILES string of the molecule is O=C1CCc2cc(/C=C/CN3CCN(c4cccc(C(=O)O)c4)CC3)ccc2N1. The van der Waals surface area contributed by atoms with Crippen molar-refractivity contribution in [2.24, 2.45) is 0 Å². The maximum Gasteiger partial charge on any atom is 0.335 e. The van der Waals surface area contributed by atoms with Crippen LogP contribution in [0.5, 0.6) is 0 Å². The third-order valence-corrected chi connectivity index (χ3v) is 5.53. The van der Waals surface area contributed by atoms with Crippen LogP contribution >= 0.6 is 0 Å². The normalized spacial score (nSPS) is 17.2. The zero-order valence-electron chi connectivity index (χ0n) is 16.3. The number of benzene rings is 2. The van der Waals surface area contributed by atoms with Gasteiger partial charge < -0.3 is 15.3 Å². The molecule has 2 N–H and O–H groups in total. The number of hydrogen-bond acceptors (Lipinski definition) is 4. The summed E-state index contributed by atoms with van der Waals surface area (Å²) in [6.45, 7) is 4.54. The zero-order valence-corrected chi connectivity index (χ0v) is 16.3. The molecule has 0 aromatic heterocycles. The van der Waals surface area contributed by atoms with E-state index >= 15 is 0 Å². The third-order valence-electron chi connectivity index (χ3n) is 5.53. The van der Waals surface area contributed by atoms with Crippen LogP contribution in [0.15, 0.2) is 48.5 Å². The van der Waals surface area contributed by atoms with Crippen LogP contribution in [0.25, 0.3) is 6.08 Å². The predicted octanol–water partition coefficient (Wildman–Crippen LogP) is 3.10. The largest absolute Gasteiger partial charge is 0.478 e. The van der Waals surface area contributed by atoms with Gasteiger partial charge in [0.15, 0.2) is 0 Å². The van der Waals surface area contributed by atoms with Crippen molar-refractivity contribution in [2.75, 3.05) is 42.9 Å². The van der Waals surface area contributed by atoms with E-state index in [9.17, 15) is 9.59 Å². The van der Waals surface area contributed by atoms with E-state index in [2.05, 4.69) is 33.3 Å². The highest BCUT2D eigenvalue weighted by Gasteiger charge is 2.17. The van der Waals surface area contributed by atoms with Crippen LogP contribution in [0.4, 0.5) is 11.4 Å². The fraction of sp³-hybridized carbons (Fsp3) is 0.304. The van der Waals surface area contributed by atoms with Crippen molar-refractivity contribution in [3.05, 3.63) is 65.2 Å². The molecular weight excluding hydrogens is 366 g/mol. The van der Waals surface area contributed by atoms with E-state index in [4.69, 9.17) is 5.11 Å². The summed E-state index contributed by atoms with van der Waals surface area (Å²) in [7, 11) is 0. The van der Waals surface area contributed by atoms with Gasteiger partial charge in [-0.3, -0.25) is 9.69 Å². The van der Waals surface area contributed by atoms with Crippen molar-refractivity contribution in [1.82, 2.24) is 4.90 Å². The van der Waals surface area contributed by atoms with Crippen LogP contribution in [0.1, 0.15) is 27.9 Å². The Morgan fingerprint density at radius 3 is 2.69 bits per heavy atom. The van der Waals surface area contributed by atoms with Crippen molar-refractivity contribution >= 4 is 29.3 Å². The standard InChI is InChI=1S/C23H25N3O3/c27-22-9-7-18-15-17(6-8-21(18)24-22)3-2-10-25-11-13-26(14-12-25)20-5-1-4-19(16-20)23(28)29/h1-6,8,15-16H,7,9-14H2,(H,24,27)(H,28,29)/b3-2+. The highest BCUT2D eigenvalue weighted by molar-refractivity contribution is 5.94. The van der Waals surface area contributed by atoms with E-state index in [1.165, 1.54) is 5.56 Å². The number of amides is 1. The number of carboxylic acids is 1. The van der Waals surface area contributed by atoms with Crippen LogP contribution in [0.3, 0.4) is 0 Å². The predicted molar refractivity (Wildman–Crippen MR) is 114 cm³/mol. The number of aromatic carboxylic acids is 1. The van der Waals surface area contributed by atoms with Crippen LogP contribution in [0, 0.1) is 0 Å². The van der Waals surface area contributed by atoms with Crippen molar-refractivity contribution < 1.29 is 14.7 Å². The minimum Gasteiger partial charge on any atom is -0.478 e. The fourth-order valence-corrected chi connectivity index (χ4v) is 3.87. The van der Waals surface area contributed by atoms with Gasteiger partial charge in [0.2, 0.25) is 5.91 Å². The first-order valence-electron chi connectivity index (χ1n) is 9.98. The van der Waals surface area contributed by atoms with Crippen molar-refractivity contribution in [2.45, 2.75) is 12.8 Å². The van der Waals surface area contributed by atoms with Crippen LogP contribution in [-0.4, -0.2) is 54.6 Å². The molecule has 1 amide bonds. The molecule has 0 radical (unpaired) electrons. The summed E-state index contributed by atoms with van der Waals surface area (Å²) in [5.41, 5.74) is 4.59. The Morgan fingerprint density at radius 2 is 1.90 bits per heavy atom. The van der Waals surface area contributed by atoms with E-state index in [0.717, 1.165) is 56.1 Å². The summed E-state index contributed by atoms with van der Waals surface area (Å²) >= 11 is 0. The second-order valence-corrected chi connectivity index (χ2v) is 7.51. The molecule has 6 heteroatoms. The van der Waals surface area contributed by atoms with Crippen molar-refractivity contribution in [3.8, 4) is 0 Å². The summed E-state index contributed by atoms with van der Waals surface area (Å²) in [5, 5.41) is 12.1. The number of carboxylic acid groups (broad SMARTS) is 1. The summed E-state index contributed by atoms with van der Waals surface area (Å²) < 4.78 is 0. The number of hydrogen-bond donors (Lipinski definition) is 2. The Labute approximate surface area is 170 Å². The number of nitrogens with zero attached hydrogens (tertiary/aromatic N) is 2. The maximum absolute atomic E-state index is 11.5. The van der Waals surface area contributed by atoms with Gasteiger partial charge in [-0.15, -0.1) is 0 Å². The average molecular weight is 391 g/mol. The molecule has 2 aromatic rings. The molecule has 0 aliphatic carbocycles. The molecule has 29 heavy (non-hydrogen) atoms. The monoisotopic (exact) mass is 391 g/mol. The Balaban J connectivity index is 1.29. The number of nitrogens with one attached hydrogen (secondary N) is 1. The molecule has 0 spiro atoms. The molecule has 0 bridgehead atoms. The molecule has 0 saturated carbocycles. The summed E-state index contributed by atoms with van der Waals surface area (Å²) in [5.74, 6) is -0.796. The molecule has 0 unspecified atom stereocenters. The van der Waals surface area contributed by atoms with Crippen LogP contribution in [-0.2, 0) is 11.2 Å². The Kier molecular flexibility index (Phi) is 5.62. The van der Waals surface area contributed by atoms with Gasteiger partial charge in [0.1, 0.15) is 0 Å². The van der Waals surface area contributed by atoms with Gasteiger partial charge in [-0.1, -0.05) is 24.3 Å². The number of piperazine rings is 1. The molecule has 1 saturated heterocycles. The first-order valence-corrected chi connectivity index (χ1v) is 9.98. The number of fused-ring (bicyclic) bond motifs is 1. The average Bonchev–Trinajstić information content (AvgIpc) is 2.74. The third kappa shape index (κ3) is 4.66. The summed E-state index contributed by atoms with van der Waals surface area (Å²) in [6.07, 6.45) is 5.68. The second-order valence-electron chi connectivity index (χ2n) is 7.51. The lowest BCUT2D eigenvalue weighted by Gasteiger charge is -2.35. The summed E-state index contributed by atoms with van der Waals surface area (Å²) in [6, 6.07) is 13.3. The molecule has 150 valence electrons. The Bertz CT molecular complexity index is 946. The van der Waals surface area contributed by atoms with Crippen molar-refractivity contribution in [1.29, 1.82) is 0 Å².